The average Bonchev–Trinajstić information content (AvgIpc) is 2.67. The predicted octanol–water partition coefficient (Wildman–Crippen LogP) is 3.58. The Balaban J connectivity index is 1.82. The van der Waals surface area contributed by atoms with E-state index in [2.05, 4.69) is 34.6 Å². The van der Waals surface area contributed by atoms with Gasteiger partial charge in [0.2, 0.25) is 0 Å². The lowest BCUT2D eigenvalue weighted by molar-refractivity contribution is -0.144. The number of aliphatic carboxylic acids is 1. The van der Waals surface area contributed by atoms with Crippen LogP contribution in [0.4, 0.5) is 0 Å². The number of aromatic nitrogens is 1. The van der Waals surface area contributed by atoms with Crippen molar-refractivity contribution in [3.63, 3.8) is 0 Å². The highest BCUT2D eigenvalue weighted by Crippen LogP contribution is 2.37. The number of hydrogen-bond donors (Lipinski definition) is 2. The van der Waals surface area contributed by atoms with Crippen molar-refractivity contribution in [2.45, 2.75) is 18.8 Å². The van der Waals surface area contributed by atoms with Gasteiger partial charge in [0, 0.05) is 18.9 Å². The normalized spacial score (nSPS) is 21.9. The monoisotopic (exact) mass is 336 g/mol. The van der Waals surface area contributed by atoms with Gasteiger partial charge in [-0.05, 0) is 48.4 Å². The molecule has 3 rings (SSSR count). The standard InChI is InChI=1S/C21H24N2O2/c24-21(25)20-15-23-13-11-19(20)18(17-8-2-1-3-9-17)10-4-6-16-7-5-12-22-14-16/h1-9,12,14,18-20,23H,10-11,13,15H2,(H,24,25). The summed E-state index contributed by atoms with van der Waals surface area (Å²) in [7, 11) is 0. The first-order chi connectivity index (χ1) is 12.3. The number of piperidine rings is 1. The predicted molar refractivity (Wildman–Crippen MR) is 99.2 cm³/mol. The molecule has 0 aliphatic carbocycles. The van der Waals surface area contributed by atoms with E-state index in [1.54, 1.807) is 6.20 Å². The molecule has 0 bridgehead atoms. The number of nitrogens with one attached hydrogen (secondary N) is 1. The summed E-state index contributed by atoms with van der Waals surface area (Å²) in [5.74, 6) is -0.697. The molecule has 2 N–H and O–H groups in total. The lowest BCUT2D eigenvalue weighted by Gasteiger charge is -2.35. The van der Waals surface area contributed by atoms with Crippen molar-refractivity contribution in [2.24, 2.45) is 11.8 Å². The third kappa shape index (κ3) is 4.54. The lowest BCUT2D eigenvalue weighted by Crippen LogP contribution is -2.43. The van der Waals surface area contributed by atoms with E-state index in [1.807, 2.05) is 36.5 Å². The highest BCUT2D eigenvalue weighted by molar-refractivity contribution is 5.71. The zero-order valence-electron chi connectivity index (χ0n) is 14.2. The van der Waals surface area contributed by atoms with Gasteiger partial charge < -0.3 is 10.4 Å². The molecule has 1 aromatic heterocycles. The van der Waals surface area contributed by atoms with E-state index in [-0.39, 0.29) is 17.8 Å². The number of hydrogen-bond acceptors (Lipinski definition) is 3. The first-order valence-electron chi connectivity index (χ1n) is 8.80. The molecule has 1 aliphatic rings. The Hall–Kier alpha value is -2.46. The summed E-state index contributed by atoms with van der Waals surface area (Å²) in [4.78, 5) is 15.9. The fraction of sp³-hybridized carbons (Fsp3) is 0.333. The van der Waals surface area contributed by atoms with Crippen LogP contribution in [0, 0.1) is 11.8 Å². The highest BCUT2D eigenvalue weighted by Gasteiger charge is 2.36. The molecule has 3 atom stereocenters. The number of allylic oxidation sites excluding steroid dienone is 1. The third-order valence-electron chi connectivity index (χ3n) is 4.98. The maximum absolute atomic E-state index is 11.7. The van der Waals surface area contributed by atoms with E-state index in [1.165, 1.54) is 5.56 Å². The molecule has 1 saturated heterocycles. The van der Waals surface area contributed by atoms with Gasteiger partial charge >= 0.3 is 5.97 Å². The van der Waals surface area contributed by atoms with Crippen LogP contribution in [0.5, 0.6) is 0 Å². The molecule has 0 amide bonds. The SMILES string of the molecule is O=C(O)C1CNCCC1C(CC=Cc1cccnc1)c1ccccc1. The molecule has 4 heteroatoms. The van der Waals surface area contributed by atoms with E-state index in [0.717, 1.165) is 24.9 Å². The van der Waals surface area contributed by atoms with Crippen LogP contribution in [0.1, 0.15) is 29.9 Å². The molecule has 2 aromatic rings. The number of carbonyl (C=O) groups is 1. The molecule has 1 aromatic carbocycles. The third-order valence-corrected chi connectivity index (χ3v) is 4.98. The molecule has 3 unspecified atom stereocenters. The van der Waals surface area contributed by atoms with Crippen molar-refractivity contribution >= 4 is 12.0 Å². The molecule has 4 nitrogen and oxygen atoms in total. The summed E-state index contributed by atoms with van der Waals surface area (Å²) in [6.45, 7) is 1.43. The molecule has 2 heterocycles. The first kappa shape index (κ1) is 17.4. The summed E-state index contributed by atoms with van der Waals surface area (Å²) in [6.07, 6.45) is 9.52. The fourth-order valence-corrected chi connectivity index (χ4v) is 3.71. The highest BCUT2D eigenvalue weighted by atomic mass is 16.4. The van der Waals surface area contributed by atoms with E-state index in [9.17, 15) is 9.90 Å². The second-order valence-electron chi connectivity index (χ2n) is 6.54. The van der Waals surface area contributed by atoms with Crippen molar-refractivity contribution in [3.8, 4) is 0 Å². The molecule has 1 fully saturated rings. The number of rotatable bonds is 6. The molecule has 25 heavy (non-hydrogen) atoms. The Morgan fingerprint density at radius 2 is 2.12 bits per heavy atom. The maximum atomic E-state index is 11.7. The topological polar surface area (TPSA) is 62.2 Å². The molecule has 1 aliphatic heterocycles. The Kier molecular flexibility index (Phi) is 5.96. The summed E-state index contributed by atoms with van der Waals surface area (Å²) < 4.78 is 0. The molecular formula is C21H24N2O2. The van der Waals surface area contributed by atoms with E-state index < -0.39 is 5.97 Å². The van der Waals surface area contributed by atoms with Gasteiger partial charge in [-0.15, -0.1) is 0 Å². The van der Waals surface area contributed by atoms with Crippen LogP contribution in [0.3, 0.4) is 0 Å². The summed E-state index contributed by atoms with van der Waals surface area (Å²) in [5, 5.41) is 12.9. The van der Waals surface area contributed by atoms with E-state index >= 15 is 0 Å². The van der Waals surface area contributed by atoms with Gasteiger partial charge in [0.05, 0.1) is 5.92 Å². The summed E-state index contributed by atoms with van der Waals surface area (Å²) in [6, 6.07) is 14.2. The minimum absolute atomic E-state index is 0.139. The van der Waals surface area contributed by atoms with Crippen molar-refractivity contribution in [1.29, 1.82) is 0 Å². The van der Waals surface area contributed by atoms with Crippen molar-refractivity contribution in [1.82, 2.24) is 10.3 Å². The Morgan fingerprint density at radius 3 is 2.84 bits per heavy atom. The molecular weight excluding hydrogens is 312 g/mol. The van der Waals surface area contributed by atoms with Crippen LogP contribution < -0.4 is 5.32 Å². The van der Waals surface area contributed by atoms with Gasteiger partial charge in [0.15, 0.2) is 0 Å². The van der Waals surface area contributed by atoms with Crippen LogP contribution in [0.15, 0.2) is 60.9 Å². The fourth-order valence-electron chi connectivity index (χ4n) is 3.71. The minimum atomic E-state index is -0.700. The number of benzene rings is 1. The minimum Gasteiger partial charge on any atom is -0.481 e. The van der Waals surface area contributed by atoms with Gasteiger partial charge in [-0.1, -0.05) is 48.6 Å². The second kappa shape index (κ2) is 8.58. The van der Waals surface area contributed by atoms with Crippen LogP contribution >= 0.6 is 0 Å². The summed E-state index contributed by atoms with van der Waals surface area (Å²) >= 11 is 0. The largest absolute Gasteiger partial charge is 0.481 e. The second-order valence-corrected chi connectivity index (χ2v) is 6.54. The van der Waals surface area contributed by atoms with E-state index in [0.29, 0.717) is 6.54 Å². The van der Waals surface area contributed by atoms with Gasteiger partial charge in [-0.25, -0.2) is 0 Å². The first-order valence-corrected chi connectivity index (χ1v) is 8.80. The van der Waals surface area contributed by atoms with Gasteiger partial charge in [0.25, 0.3) is 0 Å². The Bertz CT molecular complexity index is 700. The zero-order valence-corrected chi connectivity index (χ0v) is 14.2. The quantitative estimate of drug-likeness (QED) is 0.846. The number of pyridine rings is 1. The Morgan fingerprint density at radius 1 is 1.28 bits per heavy atom. The molecule has 0 saturated carbocycles. The smallest absolute Gasteiger partial charge is 0.308 e. The van der Waals surface area contributed by atoms with Crippen molar-refractivity contribution in [2.75, 3.05) is 13.1 Å². The number of nitrogens with zero attached hydrogens (tertiary/aromatic N) is 1. The van der Waals surface area contributed by atoms with E-state index in [4.69, 9.17) is 0 Å². The zero-order chi connectivity index (χ0) is 17.5. The van der Waals surface area contributed by atoms with Crippen LogP contribution in [0.25, 0.3) is 6.08 Å². The van der Waals surface area contributed by atoms with Crippen molar-refractivity contribution in [3.05, 3.63) is 72.1 Å². The molecule has 130 valence electrons. The van der Waals surface area contributed by atoms with Gasteiger partial charge in [0.1, 0.15) is 0 Å². The summed E-state index contributed by atoms with van der Waals surface area (Å²) in [5.41, 5.74) is 2.28. The number of carboxylic acid groups (broad SMARTS) is 1. The van der Waals surface area contributed by atoms with Crippen molar-refractivity contribution < 1.29 is 9.90 Å². The van der Waals surface area contributed by atoms with Crippen LogP contribution in [0.2, 0.25) is 0 Å². The van der Waals surface area contributed by atoms with Gasteiger partial charge in [-0.3, -0.25) is 9.78 Å². The lowest BCUT2D eigenvalue weighted by atomic mass is 9.73. The van der Waals surface area contributed by atoms with Crippen LogP contribution in [-0.2, 0) is 4.79 Å². The molecule has 0 spiro atoms. The van der Waals surface area contributed by atoms with Crippen LogP contribution in [-0.4, -0.2) is 29.1 Å². The number of carboxylic acids is 1. The average molecular weight is 336 g/mol. The molecule has 0 radical (unpaired) electrons. The van der Waals surface area contributed by atoms with Gasteiger partial charge in [-0.2, -0.15) is 0 Å². The maximum Gasteiger partial charge on any atom is 0.308 e. The Labute approximate surface area is 148 Å².